The van der Waals surface area contributed by atoms with Gasteiger partial charge in [0.05, 0.1) is 0 Å². The highest BCUT2D eigenvalue weighted by molar-refractivity contribution is 4.73. The molecule has 426 valence electrons. The molecule has 0 saturated heterocycles. The van der Waals surface area contributed by atoms with E-state index in [1.54, 1.807) is 0 Å². The van der Waals surface area contributed by atoms with Gasteiger partial charge in [-0.1, -0.05) is 338 Å². The van der Waals surface area contributed by atoms with Crippen molar-refractivity contribution in [2.24, 2.45) is 107 Å². The molecule has 0 N–H and O–H groups in total. The van der Waals surface area contributed by atoms with E-state index in [-0.39, 0.29) is 1.43 Å². The molecule has 0 aliphatic heterocycles. The molecule has 0 spiro atoms. The van der Waals surface area contributed by atoms with Crippen molar-refractivity contribution in [1.82, 2.24) is 0 Å². The van der Waals surface area contributed by atoms with Gasteiger partial charge in [0.15, 0.2) is 0 Å². The zero-order valence-corrected chi connectivity index (χ0v) is 55.7. The van der Waals surface area contributed by atoms with Crippen LogP contribution < -0.4 is 0 Å². The summed E-state index contributed by atoms with van der Waals surface area (Å²) < 4.78 is 0. The van der Waals surface area contributed by atoms with Crippen LogP contribution in [0.25, 0.3) is 0 Å². The van der Waals surface area contributed by atoms with Crippen LogP contribution in [0, 0.1) is 107 Å². The van der Waals surface area contributed by atoms with Crippen LogP contribution in [-0.4, -0.2) is 0 Å². The molecule has 0 saturated carbocycles. The molecule has 0 radical (unpaired) electrons. The first-order chi connectivity index (χ1) is 31.6. The van der Waals surface area contributed by atoms with Crippen molar-refractivity contribution in [2.75, 3.05) is 0 Å². The van der Waals surface area contributed by atoms with Crippen LogP contribution in [0.2, 0.25) is 0 Å². The van der Waals surface area contributed by atoms with Crippen molar-refractivity contribution < 1.29 is 1.43 Å². The Labute approximate surface area is 444 Å². The molecule has 0 unspecified atom stereocenters. The van der Waals surface area contributed by atoms with Crippen LogP contribution >= 0.6 is 0 Å². The smallest absolute Gasteiger partial charge is 0 e. The van der Waals surface area contributed by atoms with E-state index in [0.29, 0.717) is 0 Å². The molecule has 0 heterocycles. The third-order valence-electron chi connectivity index (χ3n) is 16.4. The van der Waals surface area contributed by atoms with Gasteiger partial charge in [0.2, 0.25) is 0 Å². The Bertz CT molecular complexity index is 641. The van der Waals surface area contributed by atoms with Crippen LogP contribution in [0.5, 0.6) is 0 Å². The standard InChI is InChI=1S/4C12H26.C8H18.3C4H10.H2/c4*1-6-11(7-2)10(5)12(8-3)9-4;1-6(2)8(5)7(3)4;3*1-4(2)3;/h4*10-12H,6-9H2,1-5H3;6-8H,1-5H3;3*4H,1-3H3;1H/i;;;;;;;;1+2. The third-order valence-corrected chi connectivity index (χ3v) is 16.4. The molecule has 0 aromatic carbocycles. The molecular weight excluding hydrogens is 817 g/mol. The van der Waals surface area contributed by atoms with E-state index in [1.165, 1.54) is 103 Å². The SMILES string of the molecule is CC(C)C.CC(C)C.CC(C)C.CC(C)C(C)C(C)C.CCC(CC)C(C)C(CC)CC.CCC(CC)C(C)C(CC)CC.CCC(CC)C(C)C(CC)CC.CCC(CC)C(C)C(CC)CC.[3HH]. The van der Waals surface area contributed by atoms with E-state index < -0.39 is 0 Å². The molecule has 0 aliphatic carbocycles. The fraction of sp³-hybridized carbons (Fsp3) is 1.00. The Kier molecular flexibility index (Phi) is 74.3. The minimum atomic E-state index is 0. The maximum absolute atomic E-state index is 2.44. The van der Waals surface area contributed by atoms with E-state index in [4.69, 9.17) is 0 Å². The number of hydrogen-bond acceptors (Lipinski definition) is 0. The number of hydrogen-bond donors (Lipinski definition) is 0. The quantitative estimate of drug-likeness (QED) is 0.0810. The van der Waals surface area contributed by atoms with Gasteiger partial charge in [-0.3, -0.25) is 0 Å². The summed E-state index contributed by atoms with van der Waals surface area (Å²) in [4.78, 5) is 0. The van der Waals surface area contributed by atoms with E-state index in [1.807, 2.05) is 0 Å². The molecule has 0 nitrogen and oxygen atoms in total. The maximum atomic E-state index is 2.44. The van der Waals surface area contributed by atoms with Crippen LogP contribution in [0.15, 0.2) is 0 Å². The Hall–Kier alpha value is 0. The van der Waals surface area contributed by atoms with Crippen molar-refractivity contribution in [3.63, 3.8) is 0 Å². The molecule has 0 rings (SSSR count). The second-order valence-corrected chi connectivity index (χ2v) is 24.6. The molecule has 0 amide bonds. The van der Waals surface area contributed by atoms with Crippen LogP contribution in [-0.2, 0) is 0 Å². The summed E-state index contributed by atoms with van der Waals surface area (Å²) >= 11 is 0. The van der Waals surface area contributed by atoms with Gasteiger partial charge >= 0.3 is 0 Å². The fourth-order valence-corrected chi connectivity index (χ4v) is 10.6. The van der Waals surface area contributed by atoms with E-state index in [9.17, 15) is 0 Å². The summed E-state index contributed by atoms with van der Waals surface area (Å²) in [7, 11) is 0. The van der Waals surface area contributed by atoms with Crippen LogP contribution in [0.4, 0.5) is 0 Å². The lowest BCUT2D eigenvalue weighted by Crippen LogP contribution is -2.19. The van der Waals surface area contributed by atoms with Gasteiger partial charge in [-0.05, 0) is 107 Å². The first-order valence-corrected chi connectivity index (χ1v) is 31.6. The summed E-state index contributed by atoms with van der Waals surface area (Å²) in [6.07, 6.45) is 21.7. The predicted octanol–water partition coefficient (Wildman–Crippen LogP) is 26.1. The highest BCUT2D eigenvalue weighted by Crippen LogP contribution is 2.33. The Morgan fingerprint density at radius 3 is 0.265 bits per heavy atom. The molecule has 0 heteroatoms. The van der Waals surface area contributed by atoms with Crippen molar-refractivity contribution in [3.05, 3.63) is 0 Å². The van der Waals surface area contributed by atoms with E-state index in [2.05, 4.69) is 235 Å². The molecular formula is C68H154. The fourth-order valence-electron chi connectivity index (χ4n) is 10.6. The molecule has 0 fully saturated rings. The summed E-state index contributed by atoms with van der Waals surface area (Å²) in [5, 5.41) is 0. The minimum Gasteiger partial charge on any atom is -0.0651 e. The molecule has 0 atom stereocenters. The number of rotatable bonds is 26. The van der Waals surface area contributed by atoms with Crippen molar-refractivity contribution in [1.29, 1.82) is 0 Å². The molecule has 68 heavy (non-hydrogen) atoms. The topological polar surface area (TPSA) is 0 Å². The maximum Gasteiger partial charge on any atom is 0 e. The lowest BCUT2D eigenvalue weighted by molar-refractivity contribution is 0.222. The van der Waals surface area contributed by atoms with E-state index >= 15 is 0 Å². The Morgan fingerprint density at radius 1 is 0.162 bits per heavy atom. The van der Waals surface area contributed by atoms with Gasteiger partial charge < -0.3 is 0 Å². The van der Waals surface area contributed by atoms with Gasteiger partial charge in [0.1, 0.15) is 0 Å². The minimum absolute atomic E-state index is 0. The summed E-state index contributed by atoms with van der Waals surface area (Å²) in [6, 6.07) is 0. The second kappa shape index (κ2) is 59.6. The average Bonchev–Trinajstić information content (AvgIpc) is 3.27. The van der Waals surface area contributed by atoms with Crippen LogP contribution in [0.1, 0.15) is 340 Å². The lowest BCUT2D eigenvalue weighted by atomic mass is 9.78. The molecule has 0 aromatic heterocycles. The first kappa shape index (κ1) is 84.8. The predicted molar refractivity (Wildman–Crippen MR) is 332 cm³/mol. The highest BCUT2D eigenvalue weighted by atomic mass is 14.3. The molecule has 0 aromatic rings. The second-order valence-electron chi connectivity index (χ2n) is 24.6. The van der Waals surface area contributed by atoms with Gasteiger partial charge in [-0.15, -0.1) is 0 Å². The van der Waals surface area contributed by atoms with Crippen LogP contribution in [0.3, 0.4) is 0 Å². The summed E-state index contributed by atoms with van der Waals surface area (Å²) in [5.74, 6) is 16.4. The third kappa shape index (κ3) is 53.8. The first-order valence-electron chi connectivity index (χ1n) is 31.6. The summed E-state index contributed by atoms with van der Waals surface area (Å²) in [5.41, 5.74) is 0. The molecule has 0 aliphatic rings. The Balaban J connectivity index is -0.0000000879. The van der Waals surface area contributed by atoms with Gasteiger partial charge in [0.25, 0.3) is 0 Å². The highest BCUT2D eigenvalue weighted by Gasteiger charge is 2.23. The zero-order valence-electron chi connectivity index (χ0n) is 55.7. The molecule has 0 bridgehead atoms. The summed E-state index contributed by atoms with van der Waals surface area (Å²) in [6.45, 7) is 77.9. The zero-order chi connectivity index (χ0) is 55.7. The van der Waals surface area contributed by atoms with Crippen molar-refractivity contribution in [2.45, 2.75) is 338 Å². The van der Waals surface area contributed by atoms with Gasteiger partial charge in [-0.25, -0.2) is 0 Å². The normalized spacial score (nSPS) is 11.5. The van der Waals surface area contributed by atoms with Gasteiger partial charge in [-0.2, -0.15) is 0 Å². The van der Waals surface area contributed by atoms with E-state index in [0.717, 1.165) is 107 Å². The lowest BCUT2D eigenvalue weighted by Gasteiger charge is -2.28. The Morgan fingerprint density at radius 2 is 0.235 bits per heavy atom. The van der Waals surface area contributed by atoms with Gasteiger partial charge in [0, 0.05) is 1.43 Å². The van der Waals surface area contributed by atoms with Crippen molar-refractivity contribution >= 4 is 0 Å². The largest absolute Gasteiger partial charge is 0.0651 e. The average molecular weight is 974 g/mol. The monoisotopic (exact) mass is 973 g/mol. The van der Waals surface area contributed by atoms with Crippen molar-refractivity contribution in [3.8, 4) is 0 Å².